The van der Waals surface area contributed by atoms with Crippen LogP contribution in [0.5, 0.6) is 5.88 Å². The van der Waals surface area contributed by atoms with Crippen molar-refractivity contribution in [2.24, 2.45) is 5.10 Å². The maximum absolute atomic E-state index is 13.8. The molecule has 0 spiro atoms. The molecule has 1 atom stereocenters. The molecule has 0 aliphatic carbocycles. The normalized spacial score (nSPS) is 19.7. The number of halogens is 3. The van der Waals surface area contributed by atoms with Crippen LogP contribution in [-0.2, 0) is 0 Å². The highest BCUT2D eigenvalue weighted by Gasteiger charge is 2.39. The molecule has 1 aromatic heterocycles. The van der Waals surface area contributed by atoms with E-state index in [1.807, 2.05) is 0 Å². The monoisotopic (exact) mass is 422 g/mol. The summed E-state index contributed by atoms with van der Waals surface area (Å²) in [4.78, 5) is 21.8. The van der Waals surface area contributed by atoms with Crippen LogP contribution in [0.2, 0.25) is 0 Å². The lowest BCUT2D eigenvalue weighted by Crippen LogP contribution is -2.59. The van der Waals surface area contributed by atoms with Crippen LogP contribution in [-0.4, -0.2) is 64.4 Å². The van der Waals surface area contributed by atoms with Crippen LogP contribution in [0.4, 0.5) is 23.9 Å². The van der Waals surface area contributed by atoms with Crippen molar-refractivity contribution in [2.75, 3.05) is 25.5 Å². The van der Waals surface area contributed by atoms with Gasteiger partial charge in [0.1, 0.15) is 11.9 Å². The van der Waals surface area contributed by atoms with E-state index in [9.17, 15) is 18.0 Å². The van der Waals surface area contributed by atoms with Gasteiger partial charge >= 0.3 is 6.03 Å². The third-order valence-corrected chi connectivity index (χ3v) is 4.45. The van der Waals surface area contributed by atoms with Crippen LogP contribution in [0.3, 0.4) is 0 Å². The first kappa shape index (κ1) is 21.3. The molecular formula is C19H21F3N6O2. The van der Waals surface area contributed by atoms with E-state index in [4.69, 9.17) is 4.74 Å². The Kier molecular flexibility index (Phi) is 6.38. The molecule has 0 unspecified atom stereocenters. The van der Waals surface area contributed by atoms with Crippen LogP contribution in [0.15, 0.2) is 47.3 Å². The number of nitrogens with zero attached hydrogens (tertiary/aromatic N) is 5. The summed E-state index contributed by atoms with van der Waals surface area (Å²) in [5.74, 6) is -2.17. The predicted octanol–water partition coefficient (Wildman–Crippen LogP) is 3.18. The van der Waals surface area contributed by atoms with Gasteiger partial charge < -0.3 is 15.0 Å². The molecule has 8 nitrogen and oxygen atoms in total. The molecule has 30 heavy (non-hydrogen) atoms. The molecule has 0 radical (unpaired) electrons. The first-order valence-corrected chi connectivity index (χ1v) is 9.15. The summed E-state index contributed by atoms with van der Waals surface area (Å²) in [6.45, 7) is 5.30. The fourth-order valence-electron chi connectivity index (χ4n) is 2.94. The Hall–Kier alpha value is -3.37. The van der Waals surface area contributed by atoms with E-state index in [1.165, 1.54) is 16.1 Å². The molecule has 11 heteroatoms. The van der Waals surface area contributed by atoms with Gasteiger partial charge in [-0.3, -0.25) is 0 Å². The van der Waals surface area contributed by atoms with Crippen molar-refractivity contribution in [3.63, 3.8) is 0 Å². The van der Waals surface area contributed by atoms with Gasteiger partial charge in [0.15, 0.2) is 0 Å². The Morgan fingerprint density at radius 1 is 1.37 bits per heavy atom. The minimum Gasteiger partial charge on any atom is -0.468 e. The lowest BCUT2D eigenvalue weighted by atomic mass is 10.1. The van der Waals surface area contributed by atoms with Gasteiger partial charge in [-0.25, -0.2) is 23.6 Å². The van der Waals surface area contributed by atoms with Gasteiger partial charge in [0.25, 0.3) is 5.88 Å². The van der Waals surface area contributed by atoms with E-state index in [0.29, 0.717) is 6.42 Å². The number of hydrazone groups is 1. The maximum atomic E-state index is 13.8. The van der Waals surface area contributed by atoms with Gasteiger partial charge in [-0.05, 0) is 18.6 Å². The van der Waals surface area contributed by atoms with Crippen molar-refractivity contribution in [1.29, 1.82) is 0 Å². The highest BCUT2D eigenvalue weighted by Crippen LogP contribution is 2.26. The Bertz CT molecular complexity index is 923. The van der Waals surface area contributed by atoms with Crippen molar-refractivity contribution in [3.05, 3.63) is 48.0 Å². The summed E-state index contributed by atoms with van der Waals surface area (Å²) in [5, 5.41) is 7.92. The number of anilines is 1. The molecule has 1 fully saturated rings. The number of carbonyl (C=O) groups is 1. The molecule has 0 bridgehead atoms. The van der Waals surface area contributed by atoms with Gasteiger partial charge in [-0.1, -0.05) is 6.58 Å². The highest BCUT2D eigenvalue weighted by atomic mass is 19.1. The Morgan fingerprint density at radius 2 is 2.10 bits per heavy atom. The first-order chi connectivity index (χ1) is 14.3. The molecule has 0 aromatic carbocycles. The van der Waals surface area contributed by atoms with Crippen LogP contribution in [0.25, 0.3) is 0 Å². The van der Waals surface area contributed by atoms with E-state index < -0.39 is 35.6 Å². The van der Waals surface area contributed by atoms with Gasteiger partial charge in [-0.2, -0.15) is 14.5 Å². The lowest BCUT2D eigenvalue weighted by molar-refractivity contribution is 0.0246. The number of amides is 2. The second-order valence-electron chi connectivity index (χ2n) is 6.75. The Balaban J connectivity index is 1.58. The maximum Gasteiger partial charge on any atom is 0.341 e. The molecule has 1 saturated heterocycles. The van der Waals surface area contributed by atoms with Gasteiger partial charge in [-0.15, -0.1) is 0 Å². The molecule has 3 heterocycles. The quantitative estimate of drug-likeness (QED) is 0.712. The SMILES string of the molecule is C=C(/C=C(F)\C=C(/C)F)[C@@H]1CC=NN1C(=O)N1CC(Oc2nc(NC)ncc2F)C1. The number of urea groups is 1. The zero-order chi connectivity index (χ0) is 21.8. The number of ether oxygens (including phenoxy) is 1. The molecule has 160 valence electrons. The fraction of sp³-hybridized carbons (Fsp3) is 0.368. The standard InChI is InChI=1S/C19H21F3N6O2/c1-11(6-13(21)7-12(2)20)16-4-5-25-28(16)19(29)27-9-14(10-27)30-17-15(22)8-24-18(23-3)26-17/h5-8,14,16H,1,4,9-10H2,2-3H3,(H,23,24,26)/b12-7+,13-6+/t16-/m0/s1. The number of nitrogens with one attached hydrogen (secondary N) is 1. The lowest BCUT2D eigenvalue weighted by Gasteiger charge is -2.40. The van der Waals surface area contributed by atoms with Crippen LogP contribution >= 0.6 is 0 Å². The molecule has 1 aromatic rings. The smallest absolute Gasteiger partial charge is 0.341 e. The van der Waals surface area contributed by atoms with Crippen molar-refractivity contribution in [3.8, 4) is 5.88 Å². The number of carbonyl (C=O) groups excluding carboxylic acids is 1. The second kappa shape index (κ2) is 8.97. The van der Waals surface area contributed by atoms with Gasteiger partial charge in [0.05, 0.1) is 31.2 Å². The number of allylic oxidation sites excluding steroid dienone is 3. The third-order valence-electron chi connectivity index (χ3n) is 4.45. The predicted molar refractivity (Wildman–Crippen MR) is 105 cm³/mol. The number of likely N-dealkylation sites (tertiary alicyclic amines) is 1. The van der Waals surface area contributed by atoms with Crippen molar-refractivity contribution < 1.29 is 22.7 Å². The second-order valence-corrected chi connectivity index (χ2v) is 6.75. The Morgan fingerprint density at radius 3 is 2.77 bits per heavy atom. The molecule has 2 amide bonds. The van der Waals surface area contributed by atoms with E-state index in [1.54, 1.807) is 7.05 Å². The van der Waals surface area contributed by atoms with E-state index in [-0.39, 0.29) is 30.5 Å². The van der Waals surface area contributed by atoms with E-state index >= 15 is 0 Å². The van der Waals surface area contributed by atoms with Crippen molar-refractivity contribution >= 4 is 18.2 Å². The van der Waals surface area contributed by atoms with Gasteiger partial charge in [0.2, 0.25) is 11.8 Å². The molecule has 3 rings (SSSR count). The fourth-order valence-corrected chi connectivity index (χ4v) is 2.94. The first-order valence-electron chi connectivity index (χ1n) is 9.15. The molecule has 0 saturated carbocycles. The minimum atomic E-state index is -0.801. The topological polar surface area (TPSA) is 83.0 Å². The summed E-state index contributed by atoms with van der Waals surface area (Å²) in [6, 6.07) is -0.992. The van der Waals surface area contributed by atoms with E-state index in [0.717, 1.165) is 25.3 Å². The number of hydrogen-bond donors (Lipinski definition) is 1. The number of rotatable bonds is 6. The summed E-state index contributed by atoms with van der Waals surface area (Å²) < 4.78 is 45.8. The zero-order valence-corrected chi connectivity index (χ0v) is 16.5. The largest absolute Gasteiger partial charge is 0.468 e. The molecule has 1 N–H and O–H groups in total. The average molecular weight is 422 g/mol. The zero-order valence-electron chi connectivity index (χ0n) is 16.5. The van der Waals surface area contributed by atoms with Crippen LogP contribution < -0.4 is 10.1 Å². The van der Waals surface area contributed by atoms with Crippen LogP contribution in [0, 0.1) is 5.82 Å². The highest BCUT2D eigenvalue weighted by molar-refractivity contribution is 5.79. The van der Waals surface area contributed by atoms with Crippen LogP contribution in [0.1, 0.15) is 13.3 Å². The van der Waals surface area contributed by atoms with Gasteiger partial charge in [0, 0.05) is 25.8 Å². The summed E-state index contributed by atoms with van der Waals surface area (Å²) in [7, 11) is 1.59. The molecule has 2 aliphatic heterocycles. The summed E-state index contributed by atoms with van der Waals surface area (Å²) in [5.41, 5.74) is 0.284. The third kappa shape index (κ3) is 4.78. The van der Waals surface area contributed by atoms with Crippen molar-refractivity contribution in [1.82, 2.24) is 19.9 Å². The molecule has 2 aliphatic rings. The summed E-state index contributed by atoms with van der Waals surface area (Å²) >= 11 is 0. The minimum absolute atomic E-state index is 0.200. The van der Waals surface area contributed by atoms with E-state index in [2.05, 4.69) is 27.0 Å². The van der Waals surface area contributed by atoms with Crippen molar-refractivity contribution in [2.45, 2.75) is 25.5 Å². The Labute approximate surface area is 171 Å². The average Bonchev–Trinajstić information content (AvgIpc) is 3.14. The number of aromatic nitrogens is 2. The molecular weight excluding hydrogens is 401 g/mol. The number of hydrogen-bond acceptors (Lipinski definition) is 6. The summed E-state index contributed by atoms with van der Waals surface area (Å²) in [6.07, 6.45) is 4.25.